The number of carbonyl (C=O) groups is 7. The van der Waals surface area contributed by atoms with Crippen molar-refractivity contribution in [2.45, 2.75) is 110 Å². The predicted molar refractivity (Wildman–Crippen MR) is 312 cm³/mol. The van der Waals surface area contributed by atoms with Crippen LogP contribution in [0.2, 0.25) is 0 Å². The lowest BCUT2D eigenvalue weighted by Crippen LogP contribution is -2.64. The molecule has 4 bridgehead atoms. The molecule has 21 heteroatoms. The van der Waals surface area contributed by atoms with Gasteiger partial charge in [0.05, 0.1) is 28.6 Å². The molecule has 2 aliphatic heterocycles. The first-order chi connectivity index (χ1) is 39.8. The van der Waals surface area contributed by atoms with Gasteiger partial charge in [-0.1, -0.05) is 61.6 Å². The van der Waals surface area contributed by atoms with Crippen LogP contribution < -0.4 is 20.9 Å². The zero-order chi connectivity index (χ0) is 58.3. The van der Waals surface area contributed by atoms with Crippen LogP contribution in [0.25, 0.3) is 21.3 Å². The van der Waals surface area contributed by atoms with Gasteiger partial charge < -0.3 is 35.0 Å². The molecule has 12 rings (SSSR count). The Morgan fingerprint density at radius 2 is 1.60 bits per heavy atom. The largest absolute Gasteiger partial charge is 0.476 e. The summed E-state index contributed by atoms with van der Waals surface area (Å²) >= 11 is 1.42. The molecule has 6 amide bonds. The average molecular weight is 1150 g/mol. The van der Waals surface area contributed by atoms with Crippen LogP contribution in [-0.2, 0) is 54.8 Å². The second kappa shape index (κ2) is 22.8. The van der Waals surface area contributed by atoms with Gasteiger partial charge in [-0.05, 0) is 134 Å². The fourth-order valence-corrected chi connectivity index (χ4v) is 15.4. The third-order valence-corrected chi connectivity index (χ3v) is 18.0. The molecule has 6 aromatic rings. The summed E-state index contributed by atoms with van der Waals surface area (Å²) in [6, 6.07) is 24.2. The number of para-hydroxylation sites is 1. The maximum absolute atomic E-state index is 13.8. The van der Waals surface area contributed by atoms with Gasteiger partial charge in [-0.2, -0.15) is 5.10 Å². The number of fused-ring (bicyclic) bond motifs is 2. The van der Waals surface area contributed by atoms with Crippen molar-refractivity contribution in [1.82, 2.24) is 34.9 Å². The Morgan fingerprint density at radius 1 is 0.831 bits per heavy atom. The van der Waals surface area contributed by atoms with Gasteiger partial charge in [0.25, 0.3) is 17.7 Å². The van der Waals surface area contributed by atoms with E-state index in [4.69, 9.17) is 19.6 Å². The number of hydrogen-bond donors (Lipinski definition) is 4. The van der Waals surface area contributed by atoms with E-state index < -0.39 is 29.5 Å². The van der Waals surface area contributed by atoms with Crippen molar-refractivity contribution in [3.05, 3.63) is 131 Å². The molecule has 4 N–H and O–H groups in total. The van der Waals surface area contributed by atoms with E-state index in [1.165, 1.54) is 28.4 Å². The summed E-state index contributed by atoms with van der Waals surface area (Å²) in [6.07, 6.45) is 10.6. The lowest BCUT2D eigenvalue weighted by Gasteiger charge is -2.69. The lowest BCUT2D eigenvalue weighted by molar-refractivity contribution is -0.248. The van der Waals surface area contributed by atoms with Crippen molar-refractivity contribution in [2.75, 3.05) is 55.4 Å². The molecule has 0 spiro atoms. The number of anilines is 3. The number of aromatic carboxylic acids is 1. The quantitative estimate of drug-likeness (QED) is 0.0492. The number of benzene rings is 3. The summed E-state index contributed by atoms with van der Waals surface area (Å²) in [5.41, 5.74) is 6.02. The van der Waals surface area contributed by atoms with E-state index in [2.05, 4.69) is 34.8 Å². The van der Waals surface area contributed by atoms with Gasteiger partial charge in [0.2, 0.25) is 11.8 Å². The van der Waals surface area contributed by atoms with Crippen LogP contribution in [0.3, 0.4) is 0 Å². The Hall–Kier alpha value is -8.30. The van der Waals surface area contributed by atoms with Crippen LogP contribution in [0.5, 0.6) is 0 Å². The predicted octanol–water partition coefficient (Wildman–Crippen LogP) is 8.93. The Balaban J connectivity index is 0.678. The van der Waals surface area contributed by atoms with Gasteiger partial charge >= 0.3 is 12.1 Å². The summed E-state index contributed by atoms with van der Waals surface area (Å²) in [7, 11) is 1.69. The topological polar surface area (TPSA) is 248 Å². The standard InChI is InChI=1S/C62H68N10O10S/c1-39-45(43-17-18-49(67-54(43)56(78)79)70-25-22-41-11-8-13-44(46(41)30-70)55(77)68-57-66-47-14-5-6-15-48(47)83-57)29-64-72(39)38-61-33-59(2)32-60(3,34-61)36-62(35-59,37-61)82-27-26-69(4)58(80)81-31-40-10-7-12-42(28-40)65-51(74)21-23-63-50(73)16-9-24-71-52(75)19-20-53(71)76/h5-8,10-15,17-20,28-29H,9,16,21-27,30-38H2,1-4H3,(H,63,73)(H,65,74)(H,78,79)(H,66,68,77). The molecule has 2 atom stereocenters. The zero-order valence-electron chi connectivity index (χ0n) is 47.1. The number of hydrogen-bond acceptors (Lipinski definition) is 14. The fraction of sp³-hybridized carbons (Fsp3) is 0.419. The monoisotopic (exact) mass is 1140 g/mol. The summed E-state index contributed by atoms with van der Waals surface area (Å²) < 4.78 is 15.7. The number of rotatable bonds is 21. The second-order valence-electron chi connectivity index (χ2n) is 24.0. The van der Waals surface area contributed by atoms with Gasteiger partial charge in [0.1, 0.15) is 12.4 Å². The fourth-order valence-electron chi connectivity index (χ4n) is 14.6. The average Bonchev–Trinajstić information content (AvgIpc) is 2.75. The van der Waals surface area contributed by atoms with Crippen LogP contribution in [0, 0.1) is 23.2 Å². The number of carboxylic acid groups (broad SMARTS) is 1. The molecule has 3 aromatic heterocycles. The van der Waals surface area contributed by atoms with Crippen LogP contribution >= 0.6 is 11.3 Å². The molecule has 6 aliphatic rings. The molecular formula is C62H68N10O10S. The smallest absolute Gasteiger partial charge is 0.409 e. The molecule has 4 saturated carbocycles. The third-order valence-electron chi connectivity index (χ3n) is 17.0. The van der Waals surface area contributed by atoms with Crippen molar-refractivity contribution in [3.8, 4) is 11.1 Å². The molecular weight excluding hydrogens is 1080 g/mol. The van der Waals surface area contributed by atoms with E-state index >= 15 is 0 Å². The van der Waals surface area contributed by atoms with E-state index in [0.717, 1.165) is 70.5 Å². The minimum atomic E-state index is -1.14. The summed E-state index contributed by atoms with van der Waals surface area (Å²) in [4.78, 5) is 102. The van der Waals surface area contributed by atoms with E-state index in [1.54, 1.807) is 37.5 Å². The number of amides is 6. The summed E-state index contributed by atoms with van der Waals surface area (Å²) in [5, 5.41) is 24.7. The number of pyridine rings is 1. The highest BCUT2D eigenvalue weighted by molar-refractivity contribution is 7.22. The molecule has 3 aromatic carbocycles. The first-order valence-corrected chi connectivity index (χ1v) is 29.1. The van der Waals surface area contributed by atoms with Gasteiger partial charge in [0.15, 0.2) is 10.8 Å². The molecule has 4 aliphatic carbocycles. The number of imide groups is 1. The highest BCUT2D eigenvalue weighted by Crippen LogP contribution is 2.72. The van der Waals surface area contributed by atoms with E-state index in [1.807, 2.05) is 71.1 Å². The number of carbonyl (C=O) groups excluding carboxylic acids is 6. The van der Waals surface area contributed by atoms with Crippen LogP contribution in [-0.4, -0.2) is 122 Å². The number of thiazole rings is 1. The Labute approximate surface area is 484 Å². The first-order valence-electron chi connectivity index (χ1n) is 28.3. The number of likely N-dealkylation sites (N-methyl/N-ethyl adjacent to an activating group) is 1. The van der Waals surface area contributed by atoms with Gasteiger partial charge in [-0.15, -0.1) is 0 Å². The Bertz CT molecular complexity index is 3540. The normalized spacial score (nSPS) is 22.2. The number of nitrogens with zero attached hydrogens (tertiary/aromatic N) is 7. The molecule has 4 fully saturated rings. The van der Waals surface area contributed by atoms with Crippen molar-refractivity contribution in [1.29, 1.82) is 0 Å². The molecule has 432 valence electrons. The maximum Gasteiger partial charge on any atom is 0.409 e. The van der Waals surface area contributed by atoms with Gasteiger partial charge in [0, 0.05) is 99.4 Å². The van der Waals surface area contributed by atoms with Crippen molar-refractivity contribution < 1.29 is 48.1 Å². The van der Waals surface area contributed by atoms with Crippen LogP contribution in [0.4, 0.5) is 21.4 Å². The van der Waals surface area contributed by atoms with Crippen LogP contribution in [0.15, 0.2) is 97.2 Å². The summed E-state index contributed by atoms with van der Waals surface area (Å²) in [6.45, 7) is 9.26. The van der Waals surface area contributed by atoms with E-state index in [9.17, 15) is 38.7 Å². The highest BCUT2D eigenvalue weighted by Gasteiger charge is 2.66. The van der Waals surface area contributed by atoms with Crippen molar-refractivity contribution >= 4 is 79.8 Å². The van der Waals surface area contributed by atoms with Crippen molar-refractivity contribution in [2.24, 2.45) is 16.2 Å². The zero-order valence-corrected chi connectivity index (χ0v) is 47.9. The SMILES string of the molecule is Cc1c(-c2ccc(N3CCc4cccc(C(=O)Nc5nc6ccccc6s5)c4C3)nc2C(=O)O)cnn1CC12CC3(C)CC(C)(C1)CC(OCCN(C)C(=O)OCc1cccc(NC(=O)CCNC(=O)CCCN4C(=O)C=CC4=O)c1)(C3)C2. The number of aromatic nitrogens is 4. The number of nitrogens with one attached hydrogen (secondary N) is 3. The van der Waals surface area contributed by atoms with Gasteiger partial charge in [-0.3, -0.25) is 38.9 Å². The maximum atomic E-state index is 13.8. The number of carboxylic acids is 1. The molecule has 2 unspecified atom stereocenters. The third kappa shape index (κ3) is 12.3. The lowest BCUT2D eigenvalue weighted by atomic mass is 9.39. The van der Waals surface area contributed by atoms with Crippen LogP contribution in [0.1, 0.15) is 115 Å². The number of ether oxygens (including phenoxy) is 2. The second-order valence-corrected chi connectivity index (χ2v) is 25.1. The molecule has 0 radical (unpaired) electrons. The molecule has 5 heterocycles. The highest BCUT2D eigenvalue weighted by atomic mass is 32.1. The first kappa shape index (κ1) is 56.6. The Morgan fingerprint density at radius 3 is 2.37 bits per heavy atom. The summed E-state index contributed by atoms with van der Waals surface area (Å²) in [5.74, 6) is -2.27. The molecule has 20 nitrogen and oxygen atoms in total. The van der Waals surface area contributed by atoms with Crippen molar-refractivity contribution in [3.63, 3.8) is 0 Å². The Kier molecular flexibility index (Phi) is 15.5. The van der Waals surface area contributed by atoms with E-state index in [0.29, 0.717) is 84.5 Å². The minimum Gasteiger partial charge on any atom is -0.476 e. The molecule has 0 saturated heterocycles. The molecule has 83 heavy (non-hydrogen) atoms. The van der Waals surface area contributed by atoms with Gasteiger partial charge in [-0.25, -0.2) is 19.6 Å². The van der Waals surface area contributed by atoms with E-state index in [-0.39, 0.29) is 72.2 Å². The minimum absolute atomic E-state index is 0.0171.